The summed E-state index contributed by atoms with van der Waals surface area (Å²) in [6.45, 7) is 4.52. The van der Waals surface area contributed by atoms with Gasteiger partial charge in [0.05, 0.1) is 5.69 Å². The molecule has 22 heavy (non-hydrogen) atoms. The SMILES string of the molecule is CCCc1ccc(-c2ccc3c(n2)CC[C@H](CCC)C3)cc1. The Morgan fingerprint density at radius 3 is 2.55 bits per heavy atom. The number of fused-ring (bicyclic) bond motifs is 1. The normalized spacial score (nSPS) is 17.3. The summed E-state index contributed by atoms with van der Waals surface area (Å²) in [5.41, 5.74) is 6.62. The molecule has 116 valence electrons. The number of nitrogens with zero attached hydrogens (tertiary/aromatic N) is 1. The maximum absolute atomic E-state index is 4.95. The smallest absolute Gasteiger partial charge is 0.0705 e. The zero-order valence-corrected chi connectivity index (χ0v) is 13.9. The van der Waals surface area contributed by atoms with Crippen molar-refractivity contribution < 1.29 is 0 Å². The van der Waals surface area contributed by atoms with Crippen LogP contribution in [-0.4, -0.2) is 4.98 Å². The Labute approximate surface area is 134 Å². The van der Waals surface area contributed by atoms with Crippen molar-refractivity contribution in [3.63, 3.8) is 0 Å². The van der Waals surface area contributed by atoms with E-state index < -0.39 is 0 Å². The fraction of sp³-hybridized carbons (Fsp3) is 0.476. The van der Waals surface area contributed by atoms with Crippen LogP contribution in [-0.2, 0) is 19.3 Å². The summed E-state index contributed by atoms with van der Waals surface area (Å²) in [6, 6.07) is 13.5. The summed E-state index contributed by atoms with van der Waals surface area (Å²) in [5.74, 6) is 0.874. The van der Waals surface area contributed by atoms with E-state index in [0.717, 1.165) is 24.5 Å². The minimum Gasteiger partial charge on any atom is -0.253 e. The summed E-state index contributed by atoms with van der Waals surface area (Å²) >= 11 is 0. The van der Waals surface area contributed by atoms with Crippen LogP contribution in [0.25, 0.3) is 11.3 Å². The first kappa shape index (κ1) is 15.3. The summed E-state index contributed by atoms with van der Waals surface area (Å²) in [7, 11) is 0. The molecule has 0 amide bonds. The third kappa shape index (κ3) is 3.40. The van der Waals surface area contributed by atoms with Gasteiger partial charge in [-0.1, -0.05) is 63.4 Å². The highest BCUT2D eigenvalue weighted by Gasteiger charge is 2.19. The molecule has 0 unspecified atom stereocenters. The van der Waals surface area contributed by atoms with E-state index in [9.17, 15) is 0 Å². The molecule has 2 aromatic rings. The molecule has 0 fully saturated rings. The maximum Gasteiger partial charge on any atom is 0.0705 e. The van der Waals surface area contributed by atoms with Gasteiger partial charge < -0.3 is 0 Å². The minimum atomic E-state index is 0.874. The molecular weight excluding hydrogens is 266 g/mol. The van der Waals surface area contributed by atoms with Crippen molar-refractivity contribution in [3.8, 4) is 11.3 Å². The van der Waals surface area contributed by atoms with E-state index >= 15 is 0 Å². The van der Waals surface area contributed by atoms with Gasteiger partial charge in [0, 0.05) is 11.3 Å². The zero-order valence-electron chi connectivity index (χ0n) is 13.9. The van der Waals surface area contributed by atoms with Gasteiger partial charge in [0.25, 0.3) is 0 Å². The quantitative estimate of drug-likeness (QED) is 0.698. The van der Waals surface area contributed by atoms with Gasteiger partial charge in [-0.05, 0) is 48.8 Å². The van der Waals surface area contributed by atoms with E-state index in [0.29, 0.717) is 0 Å². The van der Waals surface area contributed by atoms with Crippen molar-refractivity contribution in [1.82, 2.24) is 4.98 Å². The molecule has 1 aliphatic carbocycles. The molecule has 0 saturated carbocycles. The Morgan fingerprint density at radius 2 is 1.82 bits per heavy atom. The average molecular weight is 293 g/mol. The molecule has 1 aliphatic rings. The molecule has 0 radical (unpaired) electrons. The Morgan fingerprint density at radius 1 is 1.00 bits per heavy atom. The van der Waals surface area contributed by atoms with Crippen molar-refractivity contribution in [2.45, 2.75) is 58.8 Å². The third-order valence-electron chi connectivity index (χ3n) is 4.85. The fourth-order valence-electron chi connectivity index (χ4n) is 3.63. The van der Waals surface area contributed by atoms with E-state index in [2.05, 4.69) is 50.2 Å². The number of rotatable bonds is 5. The lowest BCUT2D eigenvalue weighted by Crippen LogP contribution is -2.15. The Hall–Kier alpha value is -1.63. The molecule has 0 aliphatic heterocycles. The van der Waals surface area contributed by atoms with Crippen molar-refractivity contribution in [2.75, 3.05) is 0 Å². The number of pyridine rings is 1. The van der Waals surface area contributed by atoms with Crippen LogP contribution in [0.4, 0.5) is 0 Å². The predicted octanol–water partition coefficient (Wildman–Crippen LogP) is 5.61. The summed E-state index contributed by atoms with van der Waals surface area (Å²) in [5, 5.41) is 0. The lowest BCUT2D eigenvalue weighted by Gasteiger charge is -2.24. The molecule has 1 nitrogen and oxygen atoms in total. The highest BCUT2D eigenvalue weighted by atomic mass is 14.7. The summed E-state index contributed by atoms with van der Waals surface area (Å²) in [4.78, 5) is 4.95. The predicted molar refractivity (Wildman–Crippen MR) is 94.1 cm³/mol. The van der Waals surface area contributed by atoms with Crippen molar-refractivity contribution in [1.29, 1.82) is 0 Å². The summed E-state index contributed by atoms with van der Waals surface area (Å²) in [6.07, 6.45) is 8.72. The van der Waals surface area contributed by atoms with Crippen LogP contribution >= 0.6 is 0 Å². The minimum absolute atomic E-state index is 0.874. The van der Waals surface area contributed by atoms with Crippen molar-refractivity contribution in [3.05, 3.63) is 53.2 Å². The fourth-order valence-corrected chi connectivity index (χ4v) is 3.63. The Bertz CT molecular complexity index is 612. The van der Waals surface area contributed by atoms with E-state index in [4.69, 9.17) is 4.98 Å². The second kappa shape index (κ2) is 7.09. The number of hydrogen-bond donors (Lipinski definition) is 0. The lowest BCUT2D eigenvalue weighted by molar-refractivity contribution is 0.418. The van der Waals surface area contributed by atoms with E-state index in [1.54, 1.807) is 0 Å². The van der Waals surface area contributed by atoms with E-state index in [-0.39, 0.29) is 0 Å². The molecule has 0 N–H and O–H groups in total. The van der Waals surface area contributed by atoms with Crippen LogP contribution in [0, 0.1) is 5.92 Å². The molecule has 1 aromatic heterocycles. The highest BCUT2D eigenvalue weighted by Crippen LogP contribution is 2.29. The number of hydrogen-bond acceptors (Lipinski definition) is 1. The van der Waals surface area contributed by atoms with E-state index in [1.165, 1.54) is 54.5 Å². The van der Waals surface area contributed by atoms with Crippen LogP contribution in [0.15, 0.2) is 36.4 Å². The van der Waals surface area contributed by atoms with Gasteiger partial charge in [-0.15, -0.1) is 0 Å². The maximum atomic E-state index is 4.95. The van der Waals surface area contributed by atoms with Gasteiger partial charge in [-0.25, -0.2) is 0 Å². The topological polar surface area (TPSA) is 12.9 Å². The van der Waals surface area contributed by atoms with Gasteiger partial charge in [-0.2, -0.15) is 0 Å². The first-order valence-corrected chi connectivity index (χ1v) is 8.88. The number of aromatic nitrogens is 1. The van der Waals surface area contributed by atoms with Crippen LogP contribution in [0.5, 0.6) is 0 Å². The molecule has 1 atom stereocenters. The number of benzene rings is 1. The largest absolute Gasteiger partial charge is 0.253 e. The van der Waals surface area contributed by atoms with Crippen LogP contribution < -0.4 is 0 Å². The third-order valence-corrected chi connectivity index (χ3v) is 4.85. The first-order chi connectivity index (χ1) is 10.8. The molecule has 1 heteroatoms. The van der Waals surface area contributed by atoms with Crippen LogP contribution in [0.3, 0.4) is 0 Å². The van der Waals surface area contributed by atoms with Crippen molar-refractivity contribution in [2.24, 2.45) is 5.92 Å². The molecule has 3 rings (SSSR count). The lowest BCUT2D eigenvalue weighted by atomic mass is 9.84. The molecular formula is C21H27N. The second-order valence-corrected chi connectivity index (χ2v) is 6.65. The highest BCUT2D eigenvalue weighted by molar-refractivity contribution is 5.60. The average Bonchev–Trinajstić information content (AvgIpc) is 2.56. The van der Waals surface area contributed by atoms with Gasteiger partial charge in [-0.3, -0.25) is 4.98 Å². The van der Waals surface area contributed by atoms with E-state index in [1.807, 2.05) is 0 Å². The molecule has 0 spiro atoms. The van der Waals surface area contributed by atoms with Gasteiger partial charge in [0.1, 0.15) is 0 Å². The molecule has 0 saturated heterocycles. The Balaban J connectivity index is 1.79. The standard InChI is InChI=1S/C21H27N/c1-3-5-16-7-10-18(11-8-16)20-14-12-19-15-17(6-4-2)9-13-21(19)22-20/h7-8,10-12,14,17H,3-6,9,13,15H2,1-2H3/t17-/m0/s1. The van der Waals surface area contributed by atoms with Gasteiger partial charge in [0.15, 0.2) is 0 Å². The van der Waals surface area contributed by atoms with Crippen LogP contribution in [0.1, 0.15) is 56.4 Å². The number of aryl methyl sites for hydroxylation is 2. The first-order valence-electron chi connectivity index (χ1n) is 8.88. The molecule has 0 bridgehead atoms. The van der Waals surface area contributed by atoms with Gasteiger partial charge in [0.2, 0.25) is 0 Å². The molecule has 1 aromatic carbocycles. The van der Waals surface area contributed by atoms with Gasteiger partial charge >= 0.3 is 0 Å². The zero-order chi connectivity index (χ0) is 15.4. The Kier molecular flexibility index (Phi) is 4.92. The second-order valence-electron chi connectivity index (χ2n) is 6.65. The monoisotopic (exact) mass is 293 g/mol. The summed E-state index contributed by atoms with van der Waals surface area (Å²) < 4.78 is 0. The van der Waals surface area contributed by atoms with Crippen LogP contribution in [0.2, 0.25) is 0 Å². The molecule has 1 heterocycles. The van der Waals surface area contributed by atoms with Crippen molar-refractivity contribution >= 4 is 0 Å².